The average Bonchev–Trinajstić information content (AvgIpc) is 3.86. The quantitative estimate of drug-likeness (QED) is 0.160. The van der Waals surface area contributed by atoms with Crippen LogP contribution >= 0.6 is 0 Å². The van der Waals surface area contributed by atoms with E-state index in [1.165, 1.54) is 72.0 Å². The lowest BCUT2D eigenvalue weighted by atomic mass is 9.96. The Kier molecular flexibility index (Phi) is 8.15. The highest BCUT2D eigenvalue weighted by Gasteiger charge is 2.15. The fraction of sp³-hybridized carbons (Fsp3) is 0. The number of aromatic nitrogens is 3. The third kappa shape index (κ3) is 5.89. The number of nitrogens with zero attached hydrogens (tertiary/aromatic N) is 3. The highest BCUT2D eigenvalue weighted by Crippen LogP contribution is 2.35. The number of fused-ring (bicyclic) bond motifs is 4. The Morgan fingerprint density at radius 2 is 0.569 bits per heavy atom. The largest absolute Gasteiger partial charge is 0.309 e. The van der Waals surface area contributed by atoms with Gasteiger partial charge in [0.05, 0.1) is 22.1 Å². The van der Waals surface area contributed by atoms with Crippen LogP contribution in [0.2, 0.25) is 0 Å². The number of para-hydroxylation sites is 5. The molecule has 0 bridgehead atoms. The molecule has 0 unspecified atom stereocenters. The molecule has 3 nitrogen and oxygen atoms in total. The normalized spacial score (nSPS) is 11.4. The zero-order valence-corrected chi connectivity index (χ0v) is 31.7. The van der Waals surface area contributed by atoms with E-state index < -0.39 is 0 Å². The number of rotatable bonds is 7. The molecule has 0 atom stereocenters. The van der Waals surface area contributed by atoms with E-state index in [-0.39, 0.29) is 0 Å². The topological polar surface area (TPSA) is 22.8 Å². The summed E-state index contributed by atoms with van der Waals surface area (Å²) in [5.74, 6) is 0.940. The average molecular weight is 740 g/mol. The van der Waals surface area contributed by atoms with Gasteiger partial charge in [-0.25, -0.2) is 4.98 Å². The molecular weight excluding hydrogens is 703 g/mol. The summed E-state index contributed by atoms with van der Waals surface area (Å²) in [7, 11) is 0. The highest BCUT2D eigenvalue weighted by atomic mass is 15.1. The van der Waals surface area contributed by atoms with E-state index in [2.05, 4.69) is 221 Å². The summed E-state index contributed by atoms with van der Waals surface area (Å²) >= 11 is 0. The Morgan fingerprint density at radius 1 is 0.241 bits per heavy atom. The molecule has 3 heteroatoms. The Balaban J connectivity index is 0.792. The van der Waals surface area contributed by atoms with E-state index in [0.29, 0.717) is 0 Å². The molecule has 11 rings (SSSR count). The fourth-order valence-corrected chi connectivity index (χ4v) is 8.44. The molecule has 58 heavy (non-hydrogen) atoms. The second-order valence-electron chi connectivity index (χ2n) is 14.8. The lowest BCUT2D eigenvalue weighted by Gasteiger charge is -2.11. The van der Waals surface area contributed by atoms with E-state index in [4.69, 9.17) is 4.98 Å². The molecule has 0 N–H and O–H groups in total. The monoisotopic (exact) mass is 739 g/mol. The van der Waals surface area contributed by atoms with Gasteiger partial charge in [-0.1, -0.05) is 176 Å². The summed E-state index contributed by atoms with van der Waals surface area (Å²) in [6.07, 6.45) is 0. The second-order valence-corrected chi connectivity index (χ2v) is 14.8. The summed E-state index contributed by atoms with van der Waals surface area (Å²) in [5, 5.41) is 2.56. The van der Waals surface area contributed by atoms with Crippen molar-refractivity contribution in [2.75, 3.05) is 0 Å². The number of hydrogen-bond donors (Lipinski definition) is 0. The van der Waals surface area contributed by atoms with Crippen molar-refractivity contribution in [3.05, 3.63) is 224 Å². The van der Waals surface area contributed by atoms with E-state index in [1.807, 2.05) is 12.1 Å². The van der Waals surface area contributed by atoms with Gasteiger partial charge >= 0.3 is 0 Å². The van der Waals surface area contributed by atoms with Crippen LogP contribution in [0.3, 0.4) is 0 Å². The molecule has 0 spiro atoms. The number of benzene rings is 9. The maximum atomic E-state index is 5.03. The van der Waals surface area contributed by atoms with Crippen molar-refractivity contribution < 1.29 is 0 Å². The SMILES string of the molecule is c1ccc(-n2c(-c3ccc(-c4ccc(-c5ccc(-c6ccc(-c7ccc(-n8c9ccccc9c9ccccc98)cc7)cc6)cc5)cc4)cc3)nc3ccccc32)cc1. The Hall–Kier alpha value is -7.75. The van der Waals surface area contributed by atoms with Crippen molar-refractivity contribution in [2.45, 2.75) is 0 Å². The zero-order chi connectivity index (χ0) is 38.4. The lowest BCUT2D eigenvalue weighted by Crippen LogP contribution is -1.97. The van der Waals surface area contributed by atoms with Crippen molar-refractivity contribution in [2.24, 2.45) is 0 Å². The van der Waals surface area contributed by atoms with Gasteiger partial charge in [0.25, 0.3) is 0 Å². The van der Waals surface area contributed by atoms with Crippen LogP contribution in [0.15, 0.2) is 224 Å². The molecule has 2 aromatic heterocycles. The third-order valence-corrected chi connectivity index (χ3v) is 11.4. The Labute approximate surface area is 337 Å². The molecule has 0 amide bonds. The van der Waals surface area contributed by atoms with Crippen molar-refractivity contribution in [1.82, 2.24) is 14.1 Å². The minimum Gasteiger partial charge on any atom is -0.309 e. The maximum Gasteiger partial charge on any atom is 0.145 e. The molecule has 0 aliphatic carbocycles. The molecule has 11 aromatic rings. The van der Waals surface area contributed by atoms with Crippen LogP contribution in [0.4, 0.5) is 0 Å². The van der Waals surface area contributed by atoms with Crippen LogP contribution in [0.25, 0.3) is 100 Å². The van der Waals surface area contributed by atoms with Crippen molar-refractivity contribution in [3.63, 3.8) is 0 Å². The first-order valence-corrected chi connectivity index (χ1v) is 19.8. The summed E-state index contributed by atoms with van der Waals surface area (Å²) < 4.78 is 4.60. The van der Waals surface area contributed by atoms with Gasteiger partial charge in [0.15, 0.2) is 0 Å². The summed E-state index contributed by atoms with van der Waals surface area (Å²) in [5.41, 5.74) is 17.5. The molecule has 0 aliphatic heterocycles. The Bertz CT molecular complexity index is 3150. The van der Waals surface area contributed by atoms with Crippen LogP contribution in [-0.2, 0) is 0 Å². The standard InChI is InChI=1S/C55H37N3/c1-2-10-47(11-3-1)58-54-17-9-6-14-51(54)56-55(58)46-32-30-44(31-33-46)42-24-22-40(23-25-42)38-18-20-39(21-19-38)41-26-28-43(29-27-41)45-34-36-48(37-35-45)57-52-15-7-4-12-49(52)50-13-5-8-16-53(50)57/h1-37H. The van der Waals surface area contributed by atoms with Crippen molar-refractivity contribution in [3.8, 4) is 67.3 Å². The van der Waals surface area contributed by atoms with Crippen LogP contribution in [0.5, 0.6) is 0 Å². The fourth-order valence-electron chi connectivity index (χ4n) is 8.44. The molecule has 0 aliphatic rings. The van der Waals surface area contributed by atoms with Crippen LogP contribution in [0, 0.1) is 0 Å². The molecule has 0 fully saturated rings. The van der Waals surface area contributed by atoms with Gasteiger partial charge in [-0.05, 0) is 93.0 Å². The van der Waals surface area contributed by atoms with Gasteiger partial charge in [0.1, 0.15) is 5.82 Å². The van der Waals surface area contributed by atoms with E-state index >= 15 is 0 Å². The molecule has 0 radical (unpaired) electrons. The van der Waals surface area contributed by atoms with Crippen LogP contribution in [-0.4, -0.2) is 14.1 Å². The maximum absolute atomic E-state index is 5.03. The number of hydrogen-bond acceptors (Lipinski definition) is 1. The van der Waals surface area contributed by atoms with Gasteiger partial charge < -0.3 is 4.57 Å². The van der Waals surface area contributed by atoms with Gasteiger partial charge in [-0.2, -0.15) is 0 Å². The lowest BCUT2D eigenvalue weighted by molar-refractivity contribution is 1.10. The second kappa shape index (κ2) is 14.1. The van der Waals surface area contributed by atoms with E-state index in [0.717, 1.165) is 28.1 Å². The van der Waals surface area contributed by atoms with E-state index in [9.17, 15) is 0 Å². The van der Waals surface area contributed by atoms with Crippen molar-refractivity contribution in [1.29, 1.82) is 0 Å². The first kappa shape index (κ1) is 33.6. The third-order valence-electron chi connectivity index (χ3n) is 11.4. The van der Waals surface area contributed by atoms with Crippen LogP contribution < -0.4 is 0 Å². The summed E-state index contributed by atoms with van der Waals surface area (Å²) in [4.78, 5) is 5.03. The summed E-state index contributed by atoms with van der Waals surface area (Å²) in [6, 6.07) is 80.4. The molecular formula is C55H37N3. The predicted molar refractivity (Wildman–Crippen MR) is 243 cm³/mol. The Morgan fingerprint density at radius 3 is 1.02 bits per heavy atom. The molecule has 2 heterocycles. The minimum absolute atomic E-state index is 0.940. The molecule has 0 saturated carbocycles. The molecule has 9 aromatic carbocycles. The summed E-state index contributed by atoms with van der Waals surface area (Å²) in [6.45, 7) is 0. The first-order chi connectivity index (χ1) is 28.7. The van der Waals surface area contributed by atoms with Crippen molar-refractivity contribution >= 4 is 32.8 Å². The van der Waals surface area contributed by atoms with Gasteiger partial charge in [-0.15, -0.1) is 0 Å². The van der Waals surface area contributed by atoms with Gasteiger partial charge in [0.2, 0.25) is 0 Å². The van der Waals surface area contributed by atoms with Gasteiger partial charge in [-0.3, -0.25) is 4.57 Å². The molecule has 272 valence electrons. The highest BCUT2D eigenvalue weighted by molar-refractivity contribution is 6.09. The smallest absolute Gasteiger partial charge is 0.145 e. The molecule has 0 saturated heterocycles. The number of imidazole rings is 1. The van der Waals surface area contributed by atoms with Gasteiger partial charge in [0, 0.05) is 27.7 Å². The predicted octanol–water partition coefficient (Wildman–Crippen LogP) is 14.5. The van der Waals surface area contributed by atoms with E-state index in [1.54, 1.807) is 0 Å². The first-order valence-electron chi connectivity index (χ1n) is 19.8. The minimum atomic E-state index is 0.940. The van der Waals surface area contributed by atoms with Crippen LogP contribution in [0.1, 0.15) is 0 Å². The zero-order valence-electron chi connectivity index (χ0n) is 31.7.